The molecule has 1 atom stereocenters. The van der Waals surface area contributed by atoms with Crippen LogP contribution in [0.3, 0.4) is 0 Å². The Balaban J connectivity index is 2.27. The normalized spacial score (nSPS) is 11.6. The SMILES string of the molecule is COC[C@H](C)Oc1cc(Oc2ccccc2)cc(C(=O)OC)c1. The van der Waals surface area contributed by atoms with Gasteiger partial charge >= 0.3 is 5.97 Å². The summed E-state index contributed by atoms with van der Waals surface area (Å²) in [5.41, 5.74) is 0.362. The van der Waals surface area contributed by atoms with Gasteiger partial charge in [0.25, 0.3) is 0 Å². The number of benzene rings is 2. The molecule has 0 aliphatic carbocycles. The first-order chi connectivity index (χ1) is 11.1. The topological polar surface area (TPSA) is 54.0 Å². The van der Waals surface area contributed by atoms with E-state index in [2.05, 4.69) is 0 Å². The number of methoxy groups -OCH3 is 2. The van der Waals surface area contributed by atoms with Gasteiger partial charge in [0.15, 0.2) is 0 Å². The van der Waals surface area contributed by atoms with Gasteiger partial charge in [-0.05, 0) is 31.2 Å². The molecule has 0 bridgehead atoms. The lowest BCUT2D eigenvalue weighted by Gasteiger charge is -2.16. The molecular weight excluding hydrogens is 296 g/mol. The van der Waals surface area contributed by atoms with Crippen LogP contribution in [0.2, 0.25) is 0 Å². The lowest BCUT2D eigenvalue weighted by atomic mass is 10.2. The van der Waals surface area contributed by atoms with Crippen molar-refractivity contribution in [2.24, 2.45) is 0 Å². The first-order valence-electron chi connectivity index (χ1n) is 7.24. The van der Waals surface area contributed by atoms with Crippen molar-refractivity contribution in [3.63, 3.8) is 0 Å². The van der Waals surface area contributed by atoms with Crippen LogP contribution in [0.15, 0.2) is 48.5 Å². The maximum Gasteiger partial charge on any atom is 0.338 e. The van der Waals surface area contributed by atoms with E-state index in [0.29, 0.717) is 29.4 Å². The Bertz CT molecular complexity index is 639. The molecule has 0 saturated heterocycles. The van der Waals surface area contributed by atoms with Gasteiger partial charge in [-0.2, -0.15) is 0 Å². The van der Waals surface area contributed by atoms with E-state index in [1.165, 1.54) is 7.11 Å². The van der Waals surface area contributed by atoms with Crippen LogP contribution in [0.1, 0.15) is 17.3 Å². The van der Waals surface area contributed by atoms with E-state index in [9.17, 15) is 4.79 Å². The van der Waals surface area contributed by atoms with Crippen molar-refractivity contribution in [2.45, 2.75) is 13.0 Å². The summed E-state index contributed by atoms with van der Waals surface area (Å²) in [5.74, 6) is 1.24. The largest absolute Gasteiger partial charge is 0.488 e. The highest BCUT2D eigenvalue weighted by Crippen LogP contribution is 2.28. The quantitative estimate of drug-likeness (QED) is 0.729. The molecule has 0 aromatic heterocycles. The summed E-state index contributed by atoms with van der Waals surface area (Å²) in [6.07, 6.45) is -0.155. The molecule has 0 aliphatic heterocycles. The van der Waals surface area contributed by atoms with E-state index in [4.69, 9.17) is 18.9 Å². The highest BCUT2D eigenvalue weighted by molar-refractivity contribution is 5.90. The summed E-state index contributed by atoms with van der Waals surface area (Å²) in [4.78, 5) is 11.8. The molecule has 0 aliphatic rings. The molecular formula is C18H20O5. The number of esters is 1. The minimum Gasteiger partial charge on any atom is -0.488 e. The van der Waals surface area contributed by atoms with Crippen LogP contribution >= 0.6 is 0 Å². The average Bonchev–Trinajstić information content (AvgIpc) is 2.55. The smallest absolute Gasteiger partial charge is 0.338 e. The van der Waals surface area contributed by atoms with Gasteiger partial charge in [0, 0.05) is 13.2 Å². The van der Waals surface area contributed by atoms with Crippen LogP contribution in [0, 0.1) is 0 Å². The highest BCUT2D eigenvalue weighted by Gasteiger charge is 2.13. The maximum atomic E-state index is 11.8. The van der Waals surface area contributed by atoms with Crippen molar-refractivity contribution in [2.75, 3.05) is 20.8 Å². The van der Waals surface area contributed by atoms with Gasteiger partial charge in [0.2, 0.25) is 0 Å². The van der Waals surface area contributed by atoms with Crippen LogP contribution in [-0.2, 0) is 9.47 Å². The van der Waals surface area contributed by atoms with Gasteiger partial charge in [-0.1, -0.05) is 18.2 Å². The monoisotopic (exact) mass is 316 g/mol. The van der Waals surface area contributed by atoms with E-state index in [0.717, 1.165) is 0 Å². The van der Waals surface area contributed by atoms with Crippen LogP contribution in [0.4, 0.5) is 0 Å². The molecule has 2 aromatic rings. The van der Waals surface area contributed by atoms with Gasteiger partial charge in [-0.25, -0.2) is 4.79 Å². The number of para-hydroxylation sites is 1. The van der Waals surface area contributed by atoms with Crippen molar-refractivity contribution < 1.29 is 23.7 Å². The molecule has 122 valence electrons. The summed E-state index contributed by atoms with van der Waals surface area (Å²) in [6, 6.07) is 14.3. The van der Waals surface area contributed by atoms with Crippen molar-refractivity contribution in [1.82, 2.24) is 0 Å². The summed E-state index contributed by atoms with van der Waals surface area (Å²) >= 11 is 0. The molecule has 23 heavy (non-hydrogen) atoms. The number of carbonyl (C=O) groups excluding carboxylic acids is 1. The third-order valence-electron chi connectivity index (χ3n) is 3.02. The zero-order chi connectivity index (χ0) is 16.7. The first kappa shape index (κ1) is 16.8. The van der Waals surface area contributed by atoms with E-state index < -0.39 is 5.97 Å². The second kappa shape index (κ2) is 8.19. The molecule has 0 unspecified atom stereocenters. The van der Waals surface area contributed by atoms with Gasteiger partial charge in [-0.15, -0.1) is 0 Å². The van der Waals surface area contributed by atoms with E-state index in [1.807, 2.05) is 37.3 Å². The fraction of sp³-hybridized carbons (Fsp3) is 0.278. The predicted molar refractivity (Wildman–Crippen MR) is 86.3 cm³/mol. The Morgan fingerprint density at radius 2 is 1.70 bits per heavy atom. The second-order valence-corrected chi connectivity index (χ2v) is 4.98. The third-order valence-corrected chi connectivity index (χ3v) is 3.02. The molecule has 2 aromatic carbocycles. The molecule has 0 amide bonds. The summed E-state index contributed by atoms with van der Waals surface area (Å²) < 4.78 is 21.4. The number of carbonyl (C=O) groups is 1. The Kier molecular flexibility index (Phi) is 6.00. The van der Waals surface area contributed by atoms with Crippen molar-refractivity contribution in [1.29, 1.82) is 0 Å². The number of rotatable bonds is 7. The molecule has 0 spiro atoms. The van der Waals surface area contributed by atoms with E-state index in [-0.39, 0.29) is 6.10 Å². The van der Waals surface area contributed by atoms with Crippen LogP contribution in [0.5, 0.6) is 17.2 Å². The van der Waals surface area contributed by atoms with Gasteiger partial charge in [0.1, 0.15) is 23.4 Å². The minimum atomic E-state index is -0.451. The molecule has 0 saturated carbocycles. The predicted octanol–water partition coefficient (Wildman–Crippen LogP) is 3.68. The maximum absolute atomic E-state index is 11.8. The Morgan fingerprint density at radius 1 is 1.00 bits per heavy atom. The van der Waals surface area contributed by atoms with Gasteiger partial charge in [-0.3, -0.25) is 0 Å². The molecule has 0 heterocycles. The fourth-order valence-electron chi connectivity index (χ4n) is 2.06. The van der Waals surface area contributed by atoms with E-state index >= 15 is 0 Å². The molecule has 2 rings (SSSR count). The molecule has 0 N–H and O–H groups in total. The number of hydrogen-bond donors (Lipinski definition) is 0. The lowest BCUT2D eigenvalue weighted by Crippen LogP contribution is -2.18. The lowest BCUT2D eigenvalue weighted by molar-refractivity contribution is 0.0598. The zero-order valence-corrected chi connectivity index (χ0v) is 13.4. The number of ether oxygens (including phenoxy) is 4. The molecule has 5 nitrogen and oxygen atoms in total. The fourth-order valence-corrected chi connectivity index (χ4v) is 2.06. The summed E-state index contributed by atoms with van der Waals surface area (Å²) in [5, 5.41) is 0. The van der Waals surface area contributed by atoms with Crippen molar-refractivity contribution >= 4 is 5.97 Å². The van der Waals surface area contributed by atoms with Crippen LogP contribution in [0.25, 0.3) is 0 Å². The van der Waals surface area contributed by atoms with Gasteiger partial charge < -0.3 is 18.9 Å². The van der Waals surface area contributed by atoms with E-state index in [1.54, 1.807) is 25.3 Å². The summed E-state index contributed by atoms with van der Waals surface area (Å²) in [6.45, 7) is 2.32. The average molecular weight is 316 g/mol. The molecule has 0 fully saturated rings. The zero-order valence-electron chi connectivity index (χ0n) is 13.4. The van der Waals surface area contributed by atoms with Crippen molar-refractivity contribution in [3.8, 4) is 17.2 Å². The van der Waals surface area contributed by atoms with Crippen LogP contribution < -0.4 is 9.47 Å². The number of hydrogen-bond acceptors (Lipinski definition) is 5. The second-order valence-electron chi connectivity index (χ2n) is 4.98. The highest BCUT2D eigenvalue weighted by atomic mass is 16.5. The summed E-state index contributed by atoms with van der Waals surface area (Å²) in [7, 11) is 2.94. The Hall–Kier alpha value is -2.53. The Morgan fingerprint density at radius 3 is 2.35 bits per heavy atom. The molecule has 0 radical (unpaired) electrons. The van der Waals surface area contributed by atoms with Crippen molar-refractivity contribution in [3.05, 3.63) is 54.1 Å². The van der Waals surface area contributed by atoms with Crippen LogP contribution in [-0.4, -0.2) is 32.9 Å². The Labute approximate surface area is 135 Å². The minimum absolute atomic E-state index is 0.155. The standard InChI is InChI=1S/C18H20O5/c1-13(12-20-2)22-16-9-14(18(19)21-3)10-17(11-16)23-15-7-5-4-6-8-15/h4-11,13H,12H2,1-3H3/t13-/m0/s1. The third kappa shape index (κ3) is 5.00. The van der Waals surface area contributed by atoms with Gasteiger partial charge in [0.05, 0.1) is 19.3 Å². The first-order valence-corrected chi connectivity index (χ1v) is 7.24. The molecule has 5 heteroatoms.